The molecule has 2 N–H and O–H groups in total. The van der Waals surface area contributed by atoms with Crippen molar-refractivity contribution >= 4 is 17.2 Å². The molecule has 0 aliphatic heterocycles. The predicted molar refractivity (Wildman–Crippen MR) is 87.0 cm³/mol. The lowest BCUT2D eigenvalue weighted by atomic mass is 10.2. The number of pyridine rings is 1. The summed E-state index contributed by atoms with van der Waals surface area (Å²) in [4.78, 5) is 17.2. The van der Waals surface area contributed by atoms with E-state index in [9.17, 15) is 9.90 Å². The molecule has 0 saturated carbocycles. The third-order valence-electron chi connectivity index (χ3n) is 3.63. The van der Waals surface area contributed by atoms with Gasteiger partial charge in [-0.05, 0) is 49.2 Å². The van der Waals surface area contributed by atoms with Crippen LogP contribution < -0.4 is 10.9 Å². The Kier molecular flexibility index (Phi) is 3.55. The largest absolute Gasteiger partial charge is 0.508 e. The van der Waals surface area contributed by atoms with Crippen molar-refractivity contribution in [1.29, 1.82) is 0 Å². The van der Waals surface area contributed by atoms with E-state index in [1.54, 1.807) is 34.9 Å². The number of aromatic hydroxyl groups is 1. The van der Waals surface area contributed by atoms with E-state index in [-0.39, 0.29) is 11.3 Å². The summed E-state index contributed by atoms with van der Waals surface area (Å²) >= 11 is 0. The summed E-state index contributed by atoms with van der Waals surface area (Å²) in [5, 5.41) is 12.5. The Morgan fingerprint density at radius 3 is 2.64 bits per heavy atom. The third kappa shape index (κ3) is 2.41. The second-order valence-electron chi connectivity index (χ2n) is 5.15. The van der Waals surface area contributed by atoms with Gasteiger partial charge in [-0.15, -0.1) is 0 Å². The molecule has 0 aliphatic rings. The van der Waals surface area contributed by atoms with Crippen LogP contribution in [0.15, 0.2) is 47.4 Å². The van der Waals surface area contributed by atoms with Crippen LogP contribution in [0.2, 0.25) is 0 Å². The number of anilines is 2. The van der Waals surface area contributed by atoms with E-state index in [2.05, 4.69) is 10.3 Å². The average molecular weight is 295 g/mol. The summed E-state index contributed by atoms with van der Waals surface area (Å²) in [6.07, 6.45) is 2.32. The lowest BCUT2D eigenvalue weighted by Gasteiger charge is -2.12. The topological polar surface area (TPSA) is 66.6 Å². The van der Waals surface area contributed by atoms with Gasteiger partial charge in [0.1, 0.15) is 17.2 Å². The molecule has 0 spiro atoms. The van der Waals surface area contributed by atoms with Crippen molar-refractivity contribution in [3.63, 3.8) is 0 Å². The molecule has 5 nitrogen and oxygen atoms in total. The number of hydrogen-bond donors (Lipinski definition) is 2. The molecule has 0 aliphatic carbocycles. The Labute approximate surface area is 127 Å². The van der Waals surface area contributed by atoms with Crippen LogP contribution in [-0.4, -0.2) is 14.5 Å². The molecule has 22 heavy (non-hydrogen) atoms. The highest BCUT2D eigenvalue weighted by Crippen LogP contribution is 2.21. The summed E-state index contributed by atoms with van der Waals surface area (Å²) < 4.78 is 1.58. The van der Waals surface area contributed by atoms with Crippen molar-refractivity contribution in [3.05, 3.63) is 64.1 Å². The third-order valence-corrected chi connectivity index (χ3v) is 3.63. The van der Waals surface area contributed by atoms with Crippen LogP contribution in [-0.2, 0) is 6.42 Å². The Bertz CT molecular complexity index is 883. The van der Waals surface area contributed by atoms with Crippen molar-refractivity contribution in [2.45, 2.75) is 20.3 Å². The molecule has 0 amide bonds. The molecule has 0 atom stereocenters. The number of rotatable bonds is 3. The zero-order valence-electron chi connectivity index (χ0n) is 12.5. The van der Waals surface area contributed by atoms with Gasteiger partial charge in [0.25, 0.3) is 5.56 Å². The number of fused-ring (bicyclic) bond motifs is 1. The quantitative estimate of drug-likeness (QED) is 0.729. The molecular weight excluding hydrogens is 278 g/mol. The summed E-state index contributed by atoms with van der Waals surface area (Å²) in [7, 11) is 0. The lowest BCUT2D eigenvalue weighted by Crippen LogP contribution is -2.21. The monoisotopic (exact) mass is 295 g/mol. The van der Waals surface area contributed by atoms with Gasteiger partial charge >= 0.3 is 0 Å². The van der Waals surface area contributed by atoms with Crippen molar-refractivity contribution < 1.29 is 5.11 Å². The van der Waals surface area contributed by atoms with Crippen LogP contribution in [0.25, 0.3) is 5.65 Å². The van der Waals surface area contributed by atoms with Gasteiger partial charge in [-0.2, -0.15) is 0 Å². The van der Waals surface area contributed by atoms with E-state index >= 15 is 0 Å². The second-order valence-corrected chi connectivity index (χ2v) is 5.15. The lowest BCUT2D eigenvalue weighted by molar-refractivity contribution is 0.475. The normalized spacial score (nSPS) is 10.8. The molecule has 2 heterocycles. The van der Waals surface area contributed by atoms with Crippen molar-refractivity contribution in [1.82, 2.24) is 9.38 Å². The van der Waals surface area contributed by atoms with Gasteiger partial charge in [0.15, 0.2) is 0 Å². The van der Waals surface area contributed by atoms with Crippen LogP contribution in [0, 0.1) is 6.92 Å². The molecule has 112 valence electrons. The number of aryl methyl sites for hydroxylation is 1. The minimum absolute atomic E-state index is 0.0579. The zero-order chi connectivity index (χ0) is 15.7. The van der Waals surface area contributed by atoms with E-state index in [1.807, 2.05) is 26.0 Å². The summed E-state index contributed by atoms with van der Waals surface area (Å²) in [6, 6.07) is 10.4. The van der Waals surface area contributed by atoms with E-state index in [4.69, 9.17) is 0 Å². The molecule has 3 aromatic rings. The Morgan fingerprint density at radius 1 is 1.23 bits per heavy atom. The molecule has 0 saturated heterocycles. The van der Waals surface area contributed by atoms with Gasteiger partial charge in [0, 0.05) is 11.9 Å². The highest BCUT2D eigenvalue weighted by molar-refractivity contribution is 5.63. The fourth-order valence-corrected chi connectivity index (χ4v) is 2.44. The van der Waals surface area contributed by atoms with Gasteiger partial charge in [-0.25, -0.2) is 4.98 Å². The van der Waals surface area contributed by atoms with E-state index in [0.717, 1.165) is 11.3 Å². The number of nitrogens with one attached hydrogen (secondary N) is 1. The summed E-state index contributed by atoms with van der Waals surface area (Å²) in [5.41, 5.74) is 2.94. The predicted octanol–water partition coefficient (Wildman–Crippen LogP) is 3.01. The summed E-state index contributed by atoms with van der Waals surface area (Å²) in [5.74, 6) is 0.760. The minimum atomic E-state index is -0.0579. The molecule has 0 radical (unpaired) electrons. The van der Waals surface area contributed by atoms with Gasteiger partial charge in [-0.1, -0.05) is 13.0 Å². The van der Waals surface area contributed by atoms with Gasteiger partial charge < -0.3 is 10.4 Å². The highest BCUT2D eigenvalue weighted by Gasteiger charge is 2.12. The first-order chi connectivity index (χ1) is 10.6. The maximum Gasteiger partial charge on any atom is 0.263 e. The molecule has 1 aromatic carbocycles. The van der Waals surface area contributed by atoms with Crippen LogP contribution in [0.4, 0.5) is 11.5 Å². The fraction of sp³-hybridized carbons (Fsp3) is 0.176. The molecule has 0 fully saturated rings. The van der Waals surface area contributed by atoms with Crippen molar-refractivity contribution in [3.8, 4) is 5.75 Å². The fourth-order valence-electron chi connectivity index (χ4n) is 2.44. The van der Waals surface area contributed by atoms with Gasteiger partial charge in [0.05, 0.1) is 5.56 Å². The van der Waals surface area contributed by atoms with Crippen LogP contribution in [0.3, 0.4) is 0 Å². The highest BCUT2D eigenvalue weighted by atomic mass is 16.3. The molecular formula is C17H17N3O2. The van der Waals surface area contributed by atoms with E-state index < -0.39 is 0 Å². The number of benzene rings is 1. The maximum atomic E-state index is 12.6. The molecule has 2 aromatic heterocycles. The number of hydrogen-bond acceptors (Lipinski definition) is 4. The van der Waals surface area contributed by atoms with E-state index in [1.165, 1.54) is 0 Å². The maximum absolute atomic E-state index is 12.6. The first-order valence-electron chi connectivity index (χ1n) is 7.17. The standard InChI is InChI=1S/C17H17N3O2/c1-3-14-15(18-12-6-8-13(21)9-7-12)19-16-11(2)5-4-10-20(16)17(14)22/h4-10,18,21H,3H2,1-2H3. The van der Waals surface area contributed by atoms with Gasteiger partial charge in [-0.3, -0.25) is 9.20 Å². The summed E-state index contributed by atoms with van der Waals surface area (Å²) in [6.45, 7) is 3.86. The van der Waals surface area contributed by atoms with Crippen molar-refractivity contribution in [2.75, 3.05) is 5.32 Å². The minimum Gasteiger partial charge on any atom is -0.508 e. The number of aromatic nitrogens is 2. The zero-order valence-corrected chi connectivity index (χ0v) is 12.5. The van der Waals surface area contributed by atoms with Crippen LogP contribution >= 0.6 is 0 Å². The SMILES string of the molecule is CCc1c(Nc2ccc(O)cc2)nc2c(C)cccn2c1=O. The molecule has 0 bridgehead atoms. The van der Waals surface area contributed by atoms with Crippen molar-refractivity contribution in [2.24, 2.45) is 0 Å². The average Bonchev–Trinajstić information content (AvgIpc) is 2.51. The second kappa shape index (κ2) is 5.52. The molecule has 0 unspecified atom stereocenters. The number of phenols is 1. The smallest absolute Gasteiger partial charge is 0.263 e. The van der Waals surface area contributed by atoms with E-state index in [0.29, 0.717) is 23.4 Å². The van der Waals surface area contributed by atoms with Crippen LogP contribution in [0.1, 0.15) is 18.1 Å². The number of nitrogens with zero attached hydrogens (tertiary/aromatic N) is 2. The Morgan fingerprint density at radius 2 is 1.95 bits per heavy atom. The first-order valence-corrected chi connectivity index (χ1v) is 7.17. The van der Waals surface area contributed by atoms with Crippen LogP contribution in [0.5, 0.6) is 5.75 Å². The first kappa shape index (κ1) is 14.1. The Hall–Kier alpha value is -2.82. The molecule has 5 heteroatoms. The Balaban J connectivity index is 2.17. The molecule has 3 rings (SSSR count). The van der Waals surface area contributed by atoms with Gasteiger partial charge in [0.2, 0.25) is 0 Å². The number of phenolic OH excluding ortho intramolecular Hbond substituents is 1.